The Kier molecular flexibility index (Phi) is 3.65. The van der Waals surface area contributed by atoms with Crippen LogP contribution >= 0.6 is 11.3 Å². The van der Waals surface area contributed by atoms with Crippen LogP contribution in [-0.2, 0) is 10.0 Å². The molecular formula is C8H13NO3S2. The molecule has 0 spiro atoms. The second-order valence-corrected chi connectivity index (χ2v) is 6.35. The quantitative estimate of drug-likeness (QED) is 0.808. The van der Waals surface area contributed by atoms with E-state index in [1.54, 1.807) is 12.1 Å². The van der Waals surface area contributed by atoms with Crippen molar-refractivity contribution in [3.8, 4) is 0 Å². The molecular weight excluding hydrogens is 222 g/mol. The largest absolute Gasteiger partial charge is 0.392 e. The summed E-state index contributed by atoms with van der Waals surface area (Å²) in [5.74, 6) is 0. The summed E-state index contributed by atoms with van der Waals surface area (Å²) in [6.07, 6.45) is -0.675. The molecule has 0 unspecified atom stereocenters. The van der Waals surface area contributed by atoms with Crippen molar-refractivity contribution in [2.24, 2.45) is 0 Å². The van der Waals surface area contributed by atoms with Gasteiger partial charge < -0.3 is 5.11 Å². The Morgan fingerprint density at radius 3 is 2.64 bits per heavy atom. The van der Waals surface area contributed by atoms with Crippen LogP contribution in [0.5, 0.6) is 0 Å². The number of aliphatic hydroxyl groups is 1. The number of rotatable bonds is 4. The summed E-state index contributed by atoms with van der Waals surface area (Å²) in [7, 11) is -3.43. The molecule has 1 heterocycles. The van der Waals surface area contributed by atoms with Gasteiger partial charge in [-0.25, -0.2) is 13.1 Å². The zero-order valence-electron chi connectivity index (χ0n) is 8.02. The maximum atomic E-state index is 11.5. The summed E-state index contributed by atoms with van der Waals surface area (Å²) >= 11 is 1.21. The third kappa shape index (κ3) is 3.06. The fourth-order valence-corrected chi connectivity index (χ4v) is 3.31. The maximum absolute atomic E-state index is 11.5. The van der Waals surface area contributed by atoms with E-state index >= 15 is 0 Å². The van der Waals surface area contributed by atoms with Crippen LogP contribution in [0.4, 0.5) is 0 Å². The van der Waals surface area contributed by atoms with Gasteiger partial charge in [0.1, 0.15) is 4.21 Å². The van der Waals surface area contributed by atoms with E-state index in [0.717, 1.165) is 4.88 Å². The standard InChI is InChI=1S/C8H13NO3S2/c1-6(10)5-9-14(11,12)8-4-3-7(2)13-8/h3-4,6,9-10H,5H2,1-2H3/t6-/m1/s1. The molecule has 1 aromatic heterocycles. The summed E-state index contributed by atoms with van der Waals surface area (Å²) in [5.41, 5.74) is 0. The molecule has 0 bridgehead atoms. The zero-order valence-corrected chi connectivity index (χ0v) is 9.65. The van der Waals surface area contributed by atoms with Gasteiger partial charge in [0, 0.05) is 11.4 Å². The minimum atomic E-state index is -3.43. The van der Waals surface area contributed by atoms with Crippen LogP contribution in [-0.4, -0.2) is 26.2 Å². The van der Waals surface area contributed by atoms with Crippen molar-refractivity contribution in [1.82, 2.24) is 4.72 Å². The molecule has 0 amide bonds. The lowest BCUT2D eigenvalue weighted by Gasteiger charge is -2.05. The van der Waals surface area contributed by atoms with Crippen molar-refractivity contribution in [3.63, 3.8) is 0 Å². The lowest BCUT2D eigenvalue weighted by Crippen LogP contribution is -2.30. The van der Waals surface area contributed by atoms with Gasteiger partial charge in [0.05, 0.1) is 6.10 Å². The molecule has 6 heteroatoms. The summed E-state index contributed by atoms with van der Waals surface area (Å²) in [5, 5.41) is 8.94. The number of sulfonamides is 1. The third-order valence-corrected chi connectivity index (χ3v) is 4.47. The topological polar surface area (TPSA) is 66.4 Å². The highest BCUT2D eigenvalue weighted by atomic mass is 32.2. The number of aliphatic hydroxyl groups excluding tert-OH is 1. The first kappa shape index (κ1) is 11.6. The van der Waals surface area contributed by atoms with Crippen molar-refractivity contribution in [2.45, 2.75) is 24.2 Å². The molecule has 1 aromatic rings. The predicted molar refractivity (Wildman–Crippen MR) is 55.9 cm³/mol. The number of thiophene rings is 1. The number of hydrogen-bond donors (Lipinski definition) is 2. The summed E-state index contributed by atoms with van der Waals surface area (Å²) in [6, 6.07) is 3.31. The predicted octanol–water partition coefficient (Wildman–Crippen LogP) is 0.716. The number of aryl methyl sites for hydroxylation is 1. The van der Waals surface area contributed by atoms with Gasteiger partial charge in [-0.05, 0) is 26.0 Å². The molecule has 2 N–H and O–H groups in total. The van der Waals surface area contributed by atoms with E-state index in [2.05, 4.69) is 4.72 Å². The lowest BCUT2D eigenvalue weighted by atomic mass is 10.4. The van der Waals surface area contributed by atoms with Crippen molar-refractivity contribution in [1.29, 1.82) is 0 Å². The third-order valence-electron chi connectivity index (χ3n) is 1.55. The Morgan fingerprint density at radius 2 is 2.21 bits per heavy atom. The second kappa shape index (κ2) is 4.39. The molecule has 1 rings (SSSR count). The molecule has 80 valence electrons. The van der Waals surface area contributed by atoms with Crippen LogP contribution in [0.2, 0.25) is 0 Å². The van der Waals surface area contributed by atoms with Gasteiger partial charge in [0.2, 0.25) is 10.0 Å². The summed E-state index contributed by atoms with van der Waals surface area (Å²) < 4.78 is 25.7. The van der Waals surface area contributed by atoms with Gasteiger partial charge in [0.25, 0.3) is 0 Å². The Morgan fingerprint density at radius 1 is 1.57 bits per heavy atom. The molecule has 0 aliphatic carbocycles. The second-order valence-electron chi connectivity index (χ2n) is 3.07. The molecule has 0 saturated heterocycles. The van der Waals surface area contributed by atoms with E-state index in [0.29, 0.717) is 0 Å². The Hall–Kier alpha value is -0.430. The highest BCUT2D eigenvalue weighted by molar-refractivity contribution is 7.91. The van der Waals surface area contributed by atoms with Gasteiger partial charge in [-0.2, -0.15) is 0 Å². The van der Waals surface area contributed by atoms with E-state index in [4.69, 9.17) is 5.11 Å². The van der Waals surface area contributed by atoms with Gasteiger partial charge in [-0.15, -0.1) is 11.3 Å². The molecule has 14 heavy (non-hydrogen) atoms. The Balaban J connectivity index is 2.76. The van der Waals surface area contributed by atoms with Crippen LogP contribution in [0.15, 0.2) is 16.3 Å². The molecule has 0 radical (unpaired) electrons. The van der Waals surface area contributed by atoms with Gasteiger partial charge in [0.15, 0.2) is 0 Å². The fourth-order valence-electron chi connectivity index (χ4n) is 0.858. The minimum absolute atomic E-state index is 0.0410. The summed E-state index contributed by atoms with van der Waals surface area (Å²) in [6.45, 7) is 3.42. The zero-order chi connectivity index (χ0) is 10.8. The van der Waals surface area contributed by atoms with Crippen molar-refractivity contribution < 1.29 is 13.5 Å². The first-order chi connectivity index (χ1) is 6.42. The Labute approximate surface area is 87.6 Å². The summed E-state index contributed by atoms with van der Waals surface area (Å²) in [4.78, 5) is 0.947. The van der Waals surface area contributed by atoms with Gasteiger partial charge >= 0.3 is 0 Å². The smallest absolute Gasteiger partial charge is 0.250 e. The molecule has 1 atom stereocenters. The highest BCUT2D eigenvalue weighted by Gasteiger charge is 2.15. The average molecular weight is 235 g/mol. The molecule has 0 aromatic carbocycles. The Bertz CT molecular complexity index is 394. The van der Waals surface area contributed by atoms with Crippen LogP contribution in [0.3, 0.4) is 0 Å². The first-order valence-electron chi connectivity index (χ1n) is 4.16. The van der Waals surface area contributed by atoms with E-state index in [9.17, 15) is 8.42 Å². The minimum Gasteiger partial charge on any atom is -0.392 e. The van der Waals surface area contributed by atoms with E-state index in [-0.39, 0.29) is 10.8 Å². The van der Waals surface area contributed by atoms with Crippen LogP contribution < -0.4 is 4.72 Å². The van der Waals surface area contributed by atoms with Crippen molar-refractivity contribution in [2.75, 3.05) is 6.54 Å². The first-order valence-corrected chi connectivity index (χ1v) is 6.46. The van der Waals surface area contributed by atoms with Crippen LogP contribution in [0.1, 0.15) is 11.8 Å². The molecule has 4 nitrogen and oxygen atoms in total. The number of nitrogens with one attached hydrogen (secondary N) is 1. The van der Waals surface area contributed by atoms with E-state index in [1.165, 1.54) is 18.3 Å². The average Bonchev–Trinajstić information content (AvgIpc) is 2.49. The molecule has 0 aliphatic rings. The normalized spacial score (nSPS) is 14.2. The van der Waals surface area contributed by atoms with Crippen LogP contribution in [0.25, 0.3) is 0 Å². The van der Waals surface area contributed by atoms with Crippen LogP contribution in [0, 0.1) is 6.92 Å². The number of hydrogen-bond acceptors (Lipinski definition) is 4. The van der Waals surface area contributed by atoms with Crippen molar-refractivity contribution >= 4 is 21.4 Å². The van der Waals surface area contributed by atoms with E-state index in [1.807, 2.05) is 6.92 Å². The fraction of sp³-hybridized carbons (Fsp3) is 0.500. The van der Waals surface area contributed by atoms with E-state index < -0.39 is 16.1 Å². The monoisotopic (exact) mass is 235 g/mol. The maximum Gasteiger partial charge on any atom is 0.250 e. The molecule has 0 fully saturated rings. The lowest BCUT2D eigenvalue weighted by molar-refractivity contribution is 0.198. The van der Waals surface area contributed by atoms with Crippen molar-refractivity contribution in [3.05, 3.63) is 17.0 Å². The molecule has 0 aliphatic heterocycles. The SMILES string of the molecule is Cc1ccc(S(=O)(=O)NC[C@@H](C)O)s1. The van der Waals surface area contributed by atoms with Gasteiger partial charge in [-0.1, -0.05) is 0 Å². The van der Waals surface area contributed by atoms with Gasteiger partial charge in [-0.3, -0.25) is 0 Å². The molecule has 0 saturated carbocycles. The highest BCUT2D eigenvalue weighted by Crippen LogP contribution is 2.19.